The Balaban J connectivity index is 0.000000162. The van der Waals surface area contributed by atoms with E-state index in [1.807, 2.05) is 0 Å². The van der Waals surface area contributed by atoms with E-state index in [9.17, 15) is 9.59 Å². The van der Waals surface area contributed by atoms with Crippen LogP contribution in [0.3, 0.4) is 0 Å². The summed E-state index contributed by atoms with van der Waals surface area (Å²) in [7, 11) is 0. The number of aldehydes is 2. The minimum absolute atomic E-state index is 0.454. The number of hydrogen-bond donors (Lipinski definition) is 0. The van der Waals surface area contributed by atoms with Crippen molar-refractivity contribution in [1.82, 2.24) is 0 Å². The molecule has 0 unspecified atom stereocenters. The lowest BCUT2D eigenvalue weighted by Crippen LogP contribution is -1.66. The first-order valence-corrected chi connectivity index (χ1v) is 3.37. The van der Waals surface area contributed by atoms with Crippen molar-refractivity contribution in [2.45, 2.75) is 19.8 Å². The van der Waals surface area contributed by atoms with Crippen molar-refractivity contribution >= 4 is 12.6 Å². The molecule has 0 aromatic heterocycles. The Bertz CT molecular complexity index is 123. The third-order valence-corrected chi connectivity index (χ3v) is 1.09. The van der Waals surface area contributed by atoms with Crippen LogP contribution in [0.15, 0.2) is 12.2 Å². The van der Waals surface area contributed by atoms with Crippen LogP contribution < -0.4 is 0 Å². The monoisotopic (exact) mass is 140 g/mol. The van der Waals surface area contributed by atoms with E-state index in [0.29, 0.717) is 5.92 Å². The van der Waals surface area contributed by atoms with Crippen LogP contribution in [0.25, 0.3) is 0 Å². The van der Waals surface area contributed by atoms with Gasteiger partial charge >= 0.3 is 0 Å². The molecule has 1 aliphatic rings. The Morgan fingerprint density at radius 3 is 1.90 bits per heavy atom. The van der Waals surface area contributed by atoms with E-state index in [1.54, 1.807) is 13.0 Å². The van der Waals surface area contributed by atoms with Crippen molar-refractivity contribution in [2.24, 2.45) is 5.92 Å². The summed E-state index contributed by atoms with van der Waals surface area (Å²) in [5.74, 6) is 0.454. The molecule has 0 amide bonds. The van der Waals surface area contributed by atoms with E-state index < -0.39 is 0 Å². The smallest absolute Gasteiger partial charge is 0.142 e. The van der Waals surface area contributed by atoms with Gasteiger partial charge < -0.3 is 4.79 Å². The molecule has 0 heterocycles. The van der Waals surface area contributed by atoms with Crippen molar-refractivity contribution < 1.29 is 9.59 Å². The van der Waals surface area contributed by atoms with Crippen LogP contribution in [0.4, 0.5) is 0 Å². The second-order valence-corrected chi connectivity index (χ2v) is 2.14. The van der Waals surface area contributed by atoms with Gasteiger partial charge in [-0.3, -0.25) is 4.79 Å². The van der Waals surface area contributed by atoms with Crippen molar-refractivity contribution in [3.05, 3.63) is 12.2 Å². The Morgan fingerprint density at radius 2 is 1.90 bits per heavy atom. The van der Waals surface area contributed by atoms with Crippen LogP contribution in [0.2, 0.25) is 0 Å². The predicted molar refractivity (Wildman–Crippen MR) is 39.7 cm³/mol. The average Bonchev–Trinajstić information content (AvgIpc) is 2.72. The van der Waals surface area contributed by atoms with Crippen molar-refractivity contribution in [2.75, 3.05) is 0 Å². The fourth-order valence-corrected chi connectivity index (χ4v) is 0.311. The summed E-state index contributed by atoms with van der Waals surface area (Å²) in [6, 6.07) is 0. The molecule has 0 N–H and O–H groups in total. The standard InChI is InChI=1S/2C4H6O/c5-3-4-1-2-4;1-2-3-4-5/h3-4H,1-2H2;2-4H,1H3/b;3-2+. The summed E-state index contributed by atoms with van der Waals surface area (Å²) >= 11 is 0. The Labute approximate surface area is 60.9 Å². The SMILES string of the molecule is C/C=C/C=O.O=CC1CC1. The van der Waals surface area contributed by atoms with E-state index in [0.717, 1.165) is 25.4 Å². The highest BCUT2D eigenvalue weighted by Crippen LogP contribution is 2.25. The van der Waals surface area contributed by atoms with Gasteiger partial charge in [0, 0.05) is 5.92 Å². The molecule has 0 bridgehead atoms. The van der Waals surface area contributed by atoms with Gasteiger partial charge in [0.05, 0.1) is 0 Å². The van der Waals surface area contributed by atoms with Crippen LogP contribution in [0, 0.1) is 5.92 Å². The van der Waals surface area contributed by atoms with Crippen LogP contribution in [-0.4, -0.2) is 12.6 Å². The van der Waals surface area contributed by atoms with Crippen LogP contribution in [0.5, 0.6) is 0 Å². The third kappa shape index (κ3) is 7.08. The highest BCUT2D eigenvalue weighted by molar-refractivity contribution is 5.64. The number of carbonyl (C=O) groups is 2. The normalized spacial score (nSPS) is 15.7. The van der Waals surface area contributed by atoms with E-state index >= 15 is 0 Å². The summed E-state index contributed by atoms with van der Waals surface area (Å²) < 4.78 is 0. The number of hydrogen-bond acceptors (Lipinski definition) is 2. The van der Waals surface area contributed by atoms with Crippen LogP contribution in [0.1, 0.15) is 19.8 Å². The molecule has 1 fully saturated rings. The summed E-state index contributed by atoms with van der Waals surface area (Å²) in [5, 5.41) is 0. The lowest BCUT2D eigenvalue weighted by molar-refractivity contribution is -0.108. The third-order valence-electron chi connectivity index (χ3n) is 1.09. The number of carbonyl (C=O) groups excluding carboxylic acids is 2. The zero-order valence-electron chi connectivity index (χ0n) is 6.12. The molecule has 0 spiro atoms. The second-order valence-electron chi connectivity index (χ2n) is 2.14. The summed E-state index contributed by atoms with van der Waals surface area (Å²) in [5.41, 5.74) is 0. The summed E-state index contributed by atoms with van der Waals surface area (Å²) in [6.45, 7) is 1.80. The highest BCUT2D eigenvalue weighted by Gasteiger charge is 2.18. The largest absolute Gasteiger partial charge is 0.303 e. The Hall–Kier alpha value is -0.920. The summed E-state index contributed by atoms with van der Waals surface area (Å²) in [6.07, 6.45) is 7.19. The van der Waals surface area contributed by atoms with Gasteiger partial charge in [0.25, 0.3) is 0 Å². The van der Waals surface area contributed by atoms with Crippen LogP contribution >= 0.6 is 0 Å². The second kappa shape index (κ2) is 6.20. The van der Waals surface area contributed by atoms with Crippen molar-refractivity contribution in [1.29, 1.82) is 0 Å². The first kappa shape index (κ1) is 9.08. The van der Waals surface area contributed by atoms with Gasteiger partial charge in [-0.1, -0.05) is 6.08 Å². The minimum Gasteiger partial charge on any atom is -0.303 e. The molecule has 1 saturated carbocycles. The Morgan fingerprint density at radius 1 is 1.30 bits per heavy atom. The molecule has 0 atom stereocenters. The summed E-state index contributed by atoms with van der Waals surface area (Å²) in [4.78, 5) is 18.9. The fourth-order valence-electron chi connectivity index (χ4n) is 0.311. The molecule has 0 aliphatic heterocycles. The molecular weight excluding hydrogens is 128 g/mol. The average molecular weight is 140 g/mol. The maximum atomic E-state index is 9.57. The molecule has 56 valence electrons. The maximum absolute atomic E-state index is 9.57. The van der Waals surface area contributed by atoms with E-state index in [2.05, 4.69) is 0 Å². The number of rotatable bonds is 2. The molecule has 1 aliphatic carbocycles. The molecule has 0 radical (unpaired) electrons. The molecule has 1 rings (SSSR count). The number of allylic oxidation sites excluding steroid dienone is 2. The molecular formula is C8H12O2. The van der Waals surface area contributed by atoms with E-state index in [1.165, 1.54) is 6.08 Å². The quantitative estimate of drug-likeness (QED) is 0.428. The van der Waals surface area contributed by atoms with Gasteiger partial charge in [0.1, 0.15) is 12.6 Å². The lowest BCUT2D eigenvalue weighted by atomic mass is 10.5. The van der Waals surface area contributed by atoms with Crippen molar-refractivity contribution in [3.8, 4) is 0 Å². The molecule has 2 heteroatoms. The highest BCUT2D eigenvalue weighted by atomic mass is 16.1. The molecule has 10 heavy (non-hydrogen) atoms. The maximum Gasteiger partial charge on any atom is 0.142 e. The van der Waals surface area contributed by atoms with Gasteiger partial charge in [-0.25, -0.2) is 0 Å². The first-order valence-electron chi connectivity index (χ1n) is 3.37. The van der Waals surface area contributed by atoms with Crippen LogP contribution in [-0.2, 0) is 9.59 Å². The minimum atomic E-state index is 0.454. The molecule has 0 saturated heterocycles. The fraction of sp³-hybridized carbons (Fsp3) is 0.500. The first-order chi connectivity index (χ1) is 4.85. The lowest BCUT2D eigenvalue weighted by Gasteiger charge is -1.56. The van der Waals surface area contributed by atoms with E-state index in [4.69, 9.17) is 0 Å². The van der Waals surface area contributed by atoms with Gasteiger partial charge in [0.15, 0.2) is 0 Å². The van der Waals surface area contributed by atoms with E-state index in [-0.39, 0.29) is 0 Å². The van der Waals surface area contributed by atoms with Gasteiger partial charge in [0.2, 0.25) is 0 Å². The Kier molecular flexibility index (Phi) is 5.63. The van der Waals surface area contributed by atoms with Gasteiger partial charge in [-0.2, -0.15) is 0 Å². The van der Waals surface area contributed by atoms with Gasteiger partial charge in [-0.15, -0.1) is 0 Å². The zero-order valence-corrected chi connectivity index (χ0v) is 6.12. The van der Waals surface area contributed by atoms with Gasteiger partial charge in [-0.05, 0) is 25.8 Å². The molecule has 0 aromatic rings. The molecule has 2 nitrogen and oxygen atoms in total. The predicted octanol–water partition coefficient (Wildman–Crippen LogP) is 1.36. The zero-order chi connectivity index (χ0) is 7.82. The van der Waals surface area contributed by atoms with Crippen molar-refractivity contribution in [3.63, 3.8) is 0 Å². The topological polar surface area (TPSA) is 34.1 Å². The molecule has 0 aromatic carbocycles.